The van der Waals surface area contributed by atoms with Gasteiger partial charge in [-0.1, -0.05) is 24.3 Å². The molecule has 98 valence electrons. The number of carboxylic acid groups (broad SMARTS) is 1. The number of hydroxylamine groups is 2. The van der Waals surface area contributed by atoms with Crippen LogP contribution in [-0.4, -0.2) is 22.1 Å². The molecule has 1 amide bonds. The molecule has 0 spiro atoms. The summed E-state index contributed by atoms with van der Waals surface area (Å²) in [6.45, 7) is 4.19. The number of carboxylic acids is 1. The van der Waals surface area contributed by atoms with Crippen LogP contribution in [0, 0.1) is 12.3 Å². The maximum Gasteiger partial charge on any atom is 1.00 e. The first-order valence-corrected chi connectivity index (χ1v) is 5.53. The van der Waals surface area contributed by atoms with Gasteiger partial charge >= 0.3 is 51.4 Å². The van der Waals surface area contributed by atoms with Crippen molar-refractivity contribution in [2.75, 3.05) is 0 Å². The monoisotopic (exact) mass is 289 g/mol. The summed E-state index contributed by atoms with van der Waals surface area (Å²) in [5.74, 6) is -2.41. The normalized spacial score (nSPS) is 10.5. The molecule has 1 rings (SSSR count). The van der Waals surface area contributed by atoms with E-state index in [2.05, 4.69) is 0 Å². The number of benzene rings is 1. The summed E-state index contributed by atoms with van der Waals surface area (Å²) in [6, 6.07) is 7.23. The van der Waals surface area contributed by atoms with Crippen LogP contribution in [0.15, 0.2) is 24.3 Å². The van der Waals surface area contributed by atoms with Crippen LogP contribution in [0.2, 0.25) is 0 Å². The first kappa shape index (κ1) is 18.8. The van der Waals surface area contributed by atoms with E-state index in [0.29, 0.717) is 5.06 Å². The first-order valence-electron chi connectivity index (χ1n) is 5.53. The van der Waals surface area contributed by atoms with Crippen molar-refractivity contribution in [2.24, 2.45) is 5.41 Å². The summed E-state index contributed by atoms with van der Waals surface area (Å²) in [7, 11) is 0. The Kier molecular flexibility index (Phi) is 7.42. The third-order valence-electron chi connectivity index (χ3n) is 2.86. The van der Waals surface area contributed by atoms with Crippen LogP contribution in [0.3, 0.4) is 0 Å². The van der Waals surface area contributed by atoms with E-state index in [-0.39, 0.29) is 57.9 Å². The fourth-order valence-electron chi connectivity index (χ4n) is 1.43. The Balaban J connectivity index is 0.00000324. The molecule has 0 aliphatic rings. The largest absolute Gasteiger partial charge is 1.00 e. The van der Waals surface area contributed by atoms with Crippen molar-refractivity contribution in [2.45, 2.75) is 27.3 Å². The average Bonchev–Trinajstić information content (AvgIpc) is 2.30. The number of carbonyl (C=O) groups is 2. The van der Waals surface area contributed by atoms with E-state index in [1.807, 2.05) is 19.1 Å². The summed E-state index contributed by atoms with van der Waals surface area (Å²) in [5.41, 5.74) is -0.0876. The van der Waals surface area contributed by atoms with Crippen molar-refractivity contribution in [1.82, 2.24) is 5.06 Å². The second-order valence-corrected chi connectivity index (χ2v) is 4.70. The average molecular weight is 289 g/mol. The number of rotatable bonds is 4. The molecule has 0 aliphatic carbocycles. The number of nitrogens with zero attached hydrogens (tertiary/aromatic N) is 1. The molecule has 0 radical (unpaired) electrons. The molecule has 5 nitrogen and oxygen atoms in total. The molecule has 1 aromatic carbocycles. The molecule has 0 aliphatic heterocycles. The zero-order chi connectivity index (χ0) is 13.9. The SMILES string of the molecule is Cc1ccccc1CN(O)C(=O)C(C)(C)C(=O)[O-].[K+]. The predicted molar refractivity (Wildman–Crippen MR) is 62.3 cm³/mol. The van der Waals surface area contributed by atoms with Gasteiger partial charge in [-0.2, -0.15) is 0 Å². The topological polar surface area (TPSA) is 80.7 Å². The Hall–Kier alpha value is -0.244. The Morgan fingerprint density at radius 3 is 2.32 bits per heavy atom. The van der Waals surface area contributed by atoms with E-state index in [4.69, 9.17) is 0 Å². The predicted octanol–water partition coefficient (Wildman–Crippen LogP) is -2.51. The van der Waals surface area contributed by atoms with Gasteiger partial charge in [0.2, 0.25) is 0 Å². The quantitative estimate of drug-likeness (QED) is 0.287. The first-order chi connectivity index (χ1) is 8.26. The molecule has 0 saturated carbocycles. The zero-order valence-electron chi connectivity index (χ0n) is 11.6. The van der Waals surface area contributed by atoms with Crippen LogP contribution in [-0.2, 0) is 16.1 Å². The molecule has 0 atom stereocenters. The maximum absolute atomic E-state index is 11.8. The van der Waals surface area contributed by atoms with Crippen molar-refractivity contribution >= 4 is 11.9 Å². The van der Waals surface area contributed by atoms with Crippen LogP contribution in [0.25, 0.3) is 0 Å². The fraction of sp³-hybridized carbons (Fsp3) is 0.385. The Morgan fingerprint density at radius 1 is 1.32 bits per heavy atom. The number of aryl methyl sites for hydroxylation is 1. The minimum absolute atomic E-state index is 0. The van der Waals surface area contributed by atoms with E-state index in [0.717, 1.165) is 11.1 Å². The van der Waals surface area contributed by atoms with Crippen molar-refractivity contribution in [3.63, 3.8) is 0 Å². The third-order valence-corrected chi connectivity index (χ3v) is 2.86. The molecule has 0 unspecified atom stereocenters. The molecular weight excluding hydrogens is 273 g/mol. The van der Waals surface area contributed by atoms with Gasteiger partial charge in [0, 0.05) is 0 Å². The second-order valence-electron chi connectivity index (χ2n) is 4.70. The molecular formula is C13H16KNO4. The second kappa shape index (κ2) is 7.52. The minimum atomic E-state index is -1.75. The standard InChI is InChI=1S/C13H17NO4.K/c1-9-6-4-5-7-10(9)8-14(18)11(15)13(2,3)12(16)17;/h4-7,18H,8H2,1-3H3,(H,16,17);/q;+1/p-1. The third kappa shape index (κ3) is 4.66. The van der Waals surface area contributed by atoms with Gasteiger partial charge < -0.3 is 9.90 Å². The summed E-state index contributed by atoms with van der Waals surface area (Å²) < 4.78 is 0. The van der Waals surface area contributed by atoms with Gasteiger partial charge in [0.25, 0.3) is 5.91 Å². The van der Waals surface area contributed by atoms with Gasteiger partial charge in [0.15, 0.2) is 0 Å². The number of aliphatic carboxylic acids is 1. The fourth-order valence-corrected chi connectivity index (χ4v) is 1.43. The summed E-state index contributed by atoms with van der Waals surface area (Å²) in [5, 5.41) is 20.9. The number of amides is 1. The van der Waals surface area contributed by atoms with Crippen LogP contribution in [0.1, 0.15) is 25.0 Å². The van der Waals surface area contributed by atoms with Gasteiger partial charge in [-0.25, -0.2) is 5.06 Å². The smallest absolute Gasteiger partial charge is 0.549 e. The van der Waals surface area contributed by atoms with Crippen LogP contribution >= 0.6 is 0 Å². The van der Waals surface area contributed by atoms with E-state index in [9.17, 15) is 19.9 Å². The van der Waals surface area contributed by atoms with Crippen molar-refractivity contribution in [3.05, 3.63) is 35.4 Å². The summed E-state index contributed by atoms with van der Waals surface area (Å²) in [6.07, 6.45) is 0. The molecule has 1 aromatic rings. The maximum atomic E-state index is 11.8. The van der Waals surface area contributed by atoms with Crippen molar-refractivity contribution < 1.29 is 71.3 Å². The number of hydrogen-bond donors (Lipinski definition) is 1. The molecule has 1 N–H and O–H groups in total. The Morgan fingerprint density at radius 2 is 1.84 bits per heavy atom. The van der Waals surface area contributed by atoms with Gasteiger partial charge in [-0.3, -0.25) is 10.0 Å². The van der Waals surface area contributed by atoms with Gasteiger partial charge in [0.05, 0.1) is 17.9 Å². The Bertz CT molecular complexity index is 473. The number of hydrogen-bond acceptors (Lipinski definition) is 4. The van der Waals surface area contributed by atoms with Crippen LogP contribution < -0.4 is 56.5 Å². The van der Waals surface area contributed by atoms with E-state index < -0.39 is 17.3 Å². The van der Waals surface area contributed by atoms with E-state index >= 15 is 0 Å². The van der Waals surface area contributed by atoms with Crippen LogP contribution in [0.5, 0.6) is 0 Å². The molecule has 0 saturated heterocycles. The van der Waals surface area contributed by atoms with E-state index in [1.165, 1.54) is 13.8 Å². The summed E-state index contributed by atoms with van der Waals surface area (Å²) >= 11 is 0. The van der Waals surface area contributed by atoms with Gasteiger partial charge in [-0.05, 0) is 31.9 Å². The molecule has 6 heteroatoms. The zero-order valence-corrected chi connectivity index (χ0v) is 14.8. The molecule has 0 heterocycles. The van der Waals surface area contributed by atoms with Crippen molar-refractivity contribution in [3.8, 4) is 0 Å². The van der Waals surface area contributed by atoms with Gasteiger partial charge in [-0.15, -0.1) is 0 Å². The minimum Gasteiger partial charge on any atom is -0.549 e. The van der Waals surface area contributed by atoms with Crippen molar-refractivity contribution in [1.29, 1.82) is 0 Å². The van der Waals surface area contributed by atoms with Gasteiger partial charge in [0.1, 0.15) is 0 Å². The van der Waals surface area contributed by atoms with E-state index in [1.54, 1.807) is 12.1 Å². The number of carbonyl (C=O) groups excluding carboxylic acids is 2. The molecule has 0 bridgehead atoms. The molecule has 0 aromatic heterocycles. The molecule has 0 fully saturated rings. The Labute approximate surface area is 155 Å². The molecule has 19 heavy (non-hydrogen) atoms. The van der Waals surface area contributed by atoms with Crippen LogP contribution in [0.4, 0.5) is 0 Å². The summed E-state index contributed by atoms with van der Waals surface area (Å²) in [4.78, 5) is 22.6.